The molecule has 0 aliphatic heterocycles. The number of para-hydroxylation sites is 1. The third-order valence-corrected chi connectivity index (χ3v) is 5.62. The summed E-state index contributed by atoms with van der Waals surface area (Å²) in [4.78, 5) is 11.6. The molecule has 4 aromatic rings. The summed E-state index contributed by atoms with van der Waals surface area (Å²) in [5.74, 6) is 0.815. The van der Waals surface area contributed by atoms with E-state index in [1.54, 1.807) is 5.41 Å². The van der Waals surface area contributed by atoms with Crippen LogP contribution in [0, 0.1) is 5.41 Å². The Hall–Kier alpha value is -3.78. The van der Waals surface area contributed by atoms with Gasteiger partial charge in [-0.2, -0.15) is 0 Å². The monoisotopic (exact) mass is 429 g/mol. The topological polar surface area (TPSA) is 107 Å². The Kier molecular flexibility index (Phi) is 6.18. The minimum Gasteiger partial charge on any atom is -0.383 e. The second-order valence-electron chi connectivity index (χ2n) is 6.77. The van der Waals surface area contributed by atoms with Crippen molar-refractivity contribution < 1.29 is 0 Å². The Bertz CT molecular complexity index is 1200. The maximum Gasteiger partial charge on any atom is 0.141 e. The molecule has 4 rings (SSSR count). The van der Waals surface area contributed by atoms with Gasteiger partial charge in [0.25, 0.3) is 0 Å². The molecule has 8 heteroatoms. The maximum atomic E-state index is 8.76. The van der Waals surface area contributed by atoms with Gasteiger partial charge in [0.1, 0.15) is 18.0 Å². The van der Waals surface area contributed by atoms with Crippen LogP contribution in [0.2, 0.25) is 0 Å². The normalized spacial score (nSPS) is 10.7. The first-order valence-electron chi connectivity index (χ1n) is 9.78. The van der Waals surface area contributed by atoms with Gasteiger partial charge in [0, 0.05) is 36.1 Å². The summed E-state index contributed by atoms with van der Waals surface area (Å²) in [5.41, 5.74) is 9.72. The van der Waals surface area contributed by atoms with E-state index >= 15 is 0 Å². The minimum atomic E-state index is 0.273. The van der Waals surface area contributed by atoms with Gasteiger partial charge in [-0.05, 0) is 47.0 Å². The van der Waals surface area contributed by atoms with Crippen molar-refractivity contribution in [2.24, 2.45) is 0 Å². The third-order valence-electron chi connectivity index (χ3n) is 4.82. The van der Waals surface area contributed by atoms with Gasteiger partial charge in [-0.3, -0.25) is 5.41 Å². The SMILES string of the molecule is C=CSN(CCNc1ncnc(N)c1C(=N)c1ccc2cc[nH]c2c1)c1ccccc1. The summed E-state index contributed by atoms with van der Waals surface area (Å²) in [6, 6.07) is 17.9. The van der Waals surface area contributed by atoms with E-state index in [2.05, 4.69) is 43.3 Å². The number of hydrogen-bond donors (Lipinski definition) is 4. The molecule has 0 saturated carbocycles. The molecule has 5 N–H and O–H groups in total. The van der Waals surface area contributed by atoms with E-state index in [1.807, 2.05) is 48.7 Å². The lowest BCUT2D eigenvalue weighted by Gasteiger charge is -2.22. The van der Waals surface area contributed by atoms with Crippen molar-refractivity contribution in [1.29, 1.82) is 5.41 Å². The van der Waals surface area contributed by atoms with E-state index < -0.39 is 0 Å². The zero-order chi connectivity index (χ0) is 21.6. The minimum absolute atomic E-state index is 0.273. The van der Waals surface area contributed by atoms with E-state index in [0.717, 1.165) is 22.2 Å². The van der Waals surface area contributed by atoms with Crippen molar-refractivity contribution in [3.8, 4) is 0 Å². The average molecular weight is 430 g/mol. The van der Waals surface area contributed by atoms with Crippen LogP contribution in [0.5, 0.6) is 0 Å². The van der Waals surface area contributed by atoms with Crippen LogP contribution in [-0.4, -0.2) is 33.8 Å². The zero-order valence-electron chi connectivity index (χ0n) is 16.9. The van der Waals surface area contributed by atoms with Gasteiger partial charge in [0.2, 0.25) is 0 Å². The first-order chi connectivity index (χ1) is 15.2. The van der Waals surface area contributed by atoms with Gasteiger partial charge in [0.05, 0.1) is 11.3 Å². The van der Waals surface area contributed by atoms with Crippen LogP contribution < -0.4 is 15.4 Å². The van der Waals surface area contributed by atoms with Crippen LogP contribution in [0.3, 0.4) is 0 Å². The Morgan fingerprint density at radius 3 is 2.84 bits per heavy atom. The van der Waals surface area contributed by atoms with Crippen LogP contribution in [0.4, 0.5) is 17.3 Å². The predicted molar refractivity (Wildman–Crippen MR) is 131 cm³/mol. The van der Waals surface area contributed by atoms with Crippen LogP contribution in [-0.2, 0) is 0 Å². The summed E-state index contributed by atoms with van der Waals surface area (Å²) < 4.78 is 2.13. The van der Waals surface area contributed by atoms with Gasteiger partial charge < -0.3 is 20.3 Å². The summed E-state index contributed by atoms with van der Waals surface area (Å²) in [6.07, 6.45) is 3.29. The fourth-order valence-corrected chi connectivity index (χ4v) is 3.95. The number of aromatic nitrogens is 3. The van der Waals surface area contributed by atoms with Crippen LogP contribution in [0.1, 0.15) is 11.1 Å². The van der Waals surface area contributed by atoms with Crippen molar-refractivity contribution in [3.63, 3.8) is 0 Å². The standard InChI is InChI=1S/C23H23N7S/c1-2-31-30(18-6-4-3-5-7-18)13-12-27-23-20(22(25)28-15-29-23)21(24)17-9-8-16-10-11-26-19(16)14-17/h2-11,14-15,24,26H,1,12-13H2,(H3,25,27,28,29). The second-order valence-corrected chi connectivity index (χ2v) is 7.76. The van der Waals surface area contributed by atoms with Crippen molar-refractivity contribution in [3.05, 3.63) is 90.2 Å². The van der Waals surface area contributed by atoms with Crippen LogP contribution in [0.25, 0.3) is 10.9 Å². The molecule has 0 aliphatic rings. The van der Waals surface area contributed by atoms with Crippen molar-refractivity contribution in [1.82, 2.24) is 15.0 Å². The van der Waals surface area contributed by atoms with Gasteiger partial charge in [-0.25, -0.2) is 9.97 Å². The van der Waals surface area contributed by atoms with E-state index in [9.17, 15) is 0 Å². The Labute approximate surface area is 185 Å². The molecule has 0 amide bonds. The molecule has 0 fully saturated rings. The molecule has 0 saturated heterocycles. The fraction of sp³-hybridized carbons (Fsp3) is 0.0870. The summed E-state index contributed by atoms with van der Waals surface area (Å²) in [5, 5.41) is 15.0. The smallest absolute Gasteiger partial charge is 0.141 e. The molecule has 0 unspecified atom stereocenters. The number of rotatable bonds is 9. The lowest BCUT2D eigenvalue weighted by atomic mass is 10.0. The largest absolute Gasteiger partial charge is 0.383 e. The predicted octanol–water partition coefficient (Wildman–Crippen LogP) is 4.67. The van der Waals surface area contributed by atoms with E-state index in [1.165, 1.54) is 18.3 Å². The molecule has 31 heavy (non-hydrogen) atoms. The molecule has 0 spiro atoms. The maximum absolute atomic E-state index is 8.76. The molecule has 2 heterocycles. The number of hydrogen-bond acceptors (Lipinski definition) is 7. The lowest BCUT2D eigenvalue weighted by molar-refractivity contribution is 0.999. The van der Waals surface area contributed by atoms with Gasteiger partial charge in [0.15, 0.2) is 0 Å². The molecular formula is C23H23N7S. The van der Waals surface area contributed by atoms with E-state index in [4.69, 9.17) is 11.1 Å². The molecule has 2 aromatic heterocycles. The Morgan fingerprint density at radius 2 is 2.03 bits per heavy atom. The molecule has 0 radical (unpaired) electrons. The number of nitrogens with one attached hydrogen (secondary N) is 3. The molecule has 156 valence electrons. The number of H-pyrrole nitrogens is 1. The molecule has 0 aliphatic carbocycles. The van der Waals surface area contributed by atoms with Crippen molar-refractivity contribution >= 4 is 45.9 Å². The lowest BCUT2D eigenvalue weighted by Crippen LogP contribution is -2.23. The second kappa shape index (κ2) is 9.36. The van der Waals surface area contributed by atoms with Crippen molar-refractivity contribution in [2.45, 2.75) is 0 Å². The highest BCUT2D eigenvalue weighted by atomic mass is 32.2. The number of aromatic amines is 1. The number of anilines is 3. The molecular weight excluding hydrogens is 406 g/mol. The van der Waals surface area contributed by atoms with Crippen molar-refractivity contribution in [2.75, 3.05) is 28.4 Å². The van der Waals surface area contributed by atoms with Gasteiger partial charge in [-0.1, -0.05) is 36.9 Å². The van der Waals surface area contributed by atoms with E-state index in [-0.39, 0.29) is 11.5 Å². The Balaban J connectivity index is 1.53. The third kappa shape index (κ3) is 4.54. The molecule has 7 nitrogen and oxygen atoms in total. The average Bonchev–Trinajstić information content (AvgIpc) is 3.27. The number of nitrogens with two attached hydrogens (primary N) is 1. The highest BCUT2D eigenvalue weighted by Gasteiger charge is 2.17. The summed E-state index contributed by atoms with van der Waals surface area (Å²) >= 11 is 1.53. The summed E-state index contributed by atoms with van der Waals surface area (Å²) in [6.45, 7) is 5.13. The summed E-state index contributed by atoms with van der Waals surface area (Å²) in [7, 11) is 0. The fourth-order valence-electron chi connectivity index (χ4n) is 3.33. The first kappa shape index (κ1) is 20.5. The highest BCUT2D eigenvalue weighted by molar-refractivity contribution is 8.03. The van der Waals surface area contributed by atoms with Gasteiger partial charge >= 0.3 is 0 Å². The Morgan fingerprint density at radius 1 is 1.19 bits per heavy atom. The molecule has 0 bridgehead atoms. The van der Waals surface area contributed by atoms with Crippen LogP contribution >= 0.6 is 11.9 Å². The zero-order valence-corrected chi connectivity index (χ0v) is 17.7. The number of fused-ring (bicyclic) bond motifs is 1. The van der Waals surface area contributed by atoms with Gasteiger partial charge in [-0.15, -0.1) is 0 Å². The number of benzene rings is 2. The van der Waals surface area contributed by atoms with E-state index in [0.29, 0.717) is 24.5 Å². The number of nitrogen functional groups attached to an aromatic ring is 1. The molecule has 0 atom stereocenters. The van der Waals surface area contributed by atoms with Crippen LogP contribution in [0.15, 0.2) is 79.1 Å². The molecule has 2 aromatic carbocycles. The quantitative estimate of drug-likeness (QED) is 0.228. The first-order valence-corrected chi connectivity index (χ1v) is 10.6. The number of nitrogens with zero attached hydrogens (tertiary/aromatic N) is 3. The highest BCUT2D eigenvalue weighted by Crippen LogP contribution is 2.25.